The Morgan fingerprint density at radius 3 is 2.61 bits per heavy atom. The molecule has 5 rings (SSSR count). The van der Waals surface area contributed by atoms with E-state index in [-0.39, 0.29) is 22.7 Å². The van der Waals surface area contributed by atoms with Crippen molar-refractivity contribution in [3.05, 3.63) is 65.2 Å². The lowest BCUT2D eigenvalue weighted by atomic mass is 10.0. The van der Waals surface area contributed by atoms with Crippen LogP contribution in [-0.4, -0.2) is 53.4 Å². The van der Waals surface area contributed by atoms with Crippen molar-refractivity contribution in [2.45, 2.75) is 6.18 Å². The number of halogens is 3. The molecule has 0 aliphatic carbocycles. The molecule has 4 aromatic rings. The number of ether oxygens (including phenoxy) is 1. The first-order valence-electron chi connectivity index (χ1n) is 10.3. The number of morpholine rings is 1. The number of carbonyl (C=O) groups excluding carboxylic acids is 2. The van der Waals surface area contributed by atoms with Crippen LogP contribution in [-0.2, 0) is 10.9 Å². The summed E-state index contributed by atoms with van der Waals surface area (Å²) in [4.78, 5) is 34.0. The molecule has 1 aliphatic heterocycles. The van der Waals surface area contributed by atoms with Crippen molar-refractivity contribution in [1.29, 1.82) is 0 Å². The molecular weight excluding hydrogens is 435 g/mol. The van der Waals surface area contributed by atoms with Gasteiger partial charge in [0.25, 0.3) is 5.91 Å². The van der Waals surface area contributed by atoms with E-state index in [2.05, 4.69) is 9.97 Å². The highest BCUT2D eigenvalue weighted by molar-refractivity contribution is 6.12. The standard InChI is InChI=1S/C24H18F3N3O3/c25-24(26,27)17-3-1-2-14(10-17)19-12-16(13-31)21-22(28-19)18-5-4-15(11-20(18)29-21)23(32)30-6-8-33-9-7-30/h1-5,10-13,29H,6-9H2. The Morgan fingerprint density at radius 1 is 1.09 bits per heavy atom. The minimum Gasteiger partial charge on any atom is -0.378 e. The summed E-state index contributed by atoms with van der Waals surface area (Å²) >= 11 is 0. The molecular formula is C24H18F3N3O3. The lowest BCUT2D eigenvalue weighted by Gasteiger charge is -2.26. The van der Waals surface area contributed by atoms with E-state index in [1.54, 1.807) is 23.1 Å². The van der Waals surface area contributed by atoms with Crippen molar-refractivity contribution in [2.75, 3.05) is 26.3 Å². The molecule has 9 heteroatoms. The van der Waals surface area contributed by atoms with E-state index >= 15 is 0 Å². The number of amides is 1. The third-order valence-electron chi connectivity index (χ3n) is 5.74. The van der Waals surface area contributed by atoms with Gasteiger partial charge in [-0.2, -0.15) is 13.2 Å². The zero-order chi connectivity index (χ0) is 23.2. The van der Waals surface area contributed by atoms with Crippen molar-refractivity contribution >= 4 is 34.1 Å². The minimum atomic E-state index is -4.49. The fourth-order valence-electron chi connectivity index (χ4n) is 4.06. The van der Waals surface area contributed by atoms with Crippen LogP contribution in [0.4, 0.5) is 13.2 Å². The molecule has 1 aliphatic rings. The number of aromatic nitrogens is 2. The number of hydrogen-bond donors (Lipinski definition) is 1. The molecule has 1 saturated heterocycles. The van der Waals surface area contributed by atoms with E-state index in [1.165, 1.54) is 18.2 Å². The normalized spacial score (nSPS) is 14.7. The number of nitrogens with one attached hydrogen (secondary N) is 1. The van der Waals surface area contributed by atoms with Crippen LogP contribution in [0.5, 0.6) is 0 Å². The van der Waals surface area contributed by atoms with Crippen LogP contribution in [0.1, 0.15) is 26.3 Å². The number of benzene rings is 2. The Labute approximate surface area is 186 Å². The highest BCUT2D eigenvalue weighted by atomic mass is 19.4. The van der Waals surface area contributed by atoms with Gasteiger partial charge in [0, 0.05) is 40.7 Å². The van der Waals surface area contributed by atoms with Gasteiger partial charge in [-0.05, 0) is 36.4 Å². The molecule has 3 heterocycles. The van der Waals surface area contributed by atoms with E-state index in [1.807, 2.05) is 0 Å². The smallest absolute Gasteiger partial charge is 0.378 e. The summed E-state index contributed by atoms with van der Waals surface area (Å²) in [5, 5.41) is 0.667. The molecule has 0 bridgehead atoms. The molecule has 0 atom stereocenters. The monoisotopic (exact) mass is 453 g/mol. The number of fused-ring (bicyclic) bond motifs is 3. The highest BCUT2D eigenvalue weighted by Gasteiger charge is 2.30. The van der Waals surface area contributed by atoms with Crippen molar-refractivity contribution < 1.29 is 27.5 Å². The van der Waals surface area contributed by atoms with Gasteiger partial charge in [0.15, 0.2) is 6.29 Å². The van der Waals surface area contributed by atoms with Crippen LogP contribution in [0.3, 0.4) is 0 Å². The molecule has 168 valence electrons. The van der Waals surface area contributed by atoms with Crippen molar-refractivity contribution in [3.63, 3.8) is 0 Å². The summed E-state index contributed by atoms with van der Waals surface area (Å²) in [5.41, 5.74) is 2.00. The molecule has 1 N–H and O–H groups in total. The van der Waals surface area contributed by atoms with E-state index in [9.17, 15) is 22.8 Å². The van der Waals surface area contributed by atoms with Gasteiger partial charge in [-0.15, -0.1) is 0 Å². The number of nitrogens with zero attached hydrogens (tertiary/aromatic N) is 2. The molecule has 2 aromatic carbocycles. The van der Waals surface area contributed by atoms with Crippen molar-refractivity contribution in [3.8, 4) is 11.3 Å². The summed E-state index contributed by atoms with van der Waals surface area (Å²) < 4.78 is 44.8. The van der Waals surface area contributed by atoms with Gasteiger partial charge in [-0.3, -0.25) is 9.59 Å². The molecule has 6 nitrogen and oxygen atoms in total. The van der Waals surface area contributed by atoms with Crippen LogP contribution in [0.15, 0.2) is 48.5 Å². The second kappa shape index (κ2) is 8.00. The van der Waals surface area contributed by atoms with Crippen molar-refractivity contribution in [1.82, 2.24) is 14.9 Å². The third-order valence-corrected chi connectivity index (χ3v) is 5.74. The maximum absolute atomic E-state index is 13.2. The third kappa shape index (κ3) is 3.84. The van der Waals surface area contributed by atoms with Crippen LogP contribution in [0, 0.1) is 0 Å². The molecule has 0 saturated carbocycles. The van der Waals surface area contributed by atoms with E-state index < -0.39 is 11.7 Å². The predicted molar refractivity (Wildman–Crippen MR) is 116 cm³/mol. The fourth-order valence-corrected chi connectivity index (χ4v) is 4.06. The summed E-state index contributed by atoms with van der Waals surface area (Å²) in [6.07, 6.45) is -3.85. The first-order chi connectivity index (χ1) is 15.8. The lowest BCUT2D eigenvalue weighted by molar-refractivity contribution is -0.137. The summed E-state index contributed by atoms with van der Waals surface area (Å²) in [7, 11) is 0. The molecule has 2 aromatic heterocycles. The molecule has 1 fully saturated rings. The fraction of sp³-hybridized carbons (Fsp3) is 0.208. The van der Waals surface area contributed by atoms with Crippen LogP contribution >= 0.6 is 0 Å². The Kier molecular flexibility index (Phi) is 5.13. The van der Waals surface area contributed by atoms with E-state index in [0.717, 1.165) is 12.1 Å². The quantitative estimate of drug-likeness (QED) is 0.457. The summed E-state index contributed by atoms with van der Waals surface area (Å²) in [5.74, 6) is -0.118. The van der Waals surface area contributed by atoms with Gasteiger partial charge in [0.1, 0.15) is 0 Å². The lowest BCUT2D eigenvalue weighted by Crippen LogP contribution is -2.40. The SMILES string of the molecule is O=Cc1cc(-c2cccc(C(F)(F)F)c2)nc2c1[nH]c1cc(C(=O)N3CCOCC3)ccc12. The van der Waals surface area contributed by atoms with Gasteiger partial charge >= 0.3 is 6.18 Å². The Bertz CT molecular complexity index is 1390. The van der Waals surface area contributed by atoms with Crippen LogP contribution in [0.25, 0.3) is 33.2 Å². The average Bonchev–Trinajstić information content (AvgIpc) is 3.21. The Hall–Kier alpha value is -3.72. The molecule has 1 amide bonds. The highest BCUT2D eigenvalue weighted by Crippen LogP contribution is 2.34. The first kappa shape index (κ1) is 21.1. The van der Waals surface area contributed by atoms with E-state index in [4.69, 9.17) is 4.74 Å². The van der Waals surface area contributed by atoms with Gasteiger partial charge in [0.05, 0.1) is 35.5 Å². The zero-order valence-electron chi connectivity index (χ0n) is 17.3. The van der Waals surface area contributed by atoms with E-state index in [0.29, 0.717) is 60.1 Å². The second-order valence-electron chi connectivity index (χ2n) is 7.81. The number of alkyl halides is 3. The number of pyridine rings is 1. The van der Waals surface area contributed by atoms with Gasteiger partial charge in [-0.25, -0.2) is 4.98 Å². The summed E-state index contributed by atoms with van der Waals surface area (Å²) in [6.45, 7) is 2.01. The number of aldehydes is 1. The molecule has 33 heavy (non-hydrogen) atoms. The molecule has 0 radical (unpaired) electrons. The second-order valence-corrected chi connectivity index (χ2v) is 7.81. The predicted octanol–water partition coefficient (Wildman–Crippen LogP) is 4.69. The number of rotatable bonds is 3. The van der Waals surface area contributed by atoms with Crippen molar-refractivity contribution in [2.24, 2.45) is 0 Å². The maximum Gasteiger partial charge on any atom is 0.416 e. The average molecular weight is 453 g/mol. The number of carbonyl (C=O) groups is 2. The number of hydrogen-bond acceptors (Lipinski definition) is 4. The maximum atomic E-state index is 13.2. The Balaban J connectivity index is 1.61. The largest absolute Gasteiger partial charge is 0.416 e. The summed E-state index contributed by atoms with van der Waals surface area (Å²) in [6, 6.07) is 11.4. The van der Waals surface area contributed by atoms with Gasteiger partial charge in [-0.1, -0.05) is 12.1 Å². The minimum absolute atomic E-state index is 0.118. The van der Waals surface area contributed by atoms with Crippen LogP contribution in [0.2, 0.25) is 0 Å². The van der Waals surface area contributed by atoms with Crippen LogP contribution < -0.4 is 0 Å². The zero-order valence-corrected chi connectivity index (χ0v) is 17.3. The van der Waals surface area contributed by atoms with Gasteiger partial charge < -0.3 is 14.6 Å². The Morgan fingerprint density at radius 2 is 1.88 bits per heavy atom. The topological polar surface area (TPSA) is 75.3 Å². The number of aromatic amines is 1. The molecule has 0 spiro atoms. The molecule has 0 unspecified atom stereocenters. The number of H-pyrrole nitrogens is 1. The first-order valence-corrected chi connectivity index (χ1v) is 10.3. The van der Waals surface area contributed by atoms with Gasteiger partial charge in [0.2, 0.25) is 0 Å².